The van der Waals surface area contributed by atoms with Crippen molar-refractivity contribution in [2.24, 2.45) is 0 Å². The lowest BCUT2D eigenvalue weighted by atomic mass is 10.1. The van der Waals surface area contributed by atoms with Gasteiger partial charge < -0.3 is 9.67 Å². The molecule has 0 spiro atoms. The Morgan fingerprint density at radius 2 is 1.21 bits per heavy atom. The first-order chi connectivity index (χ1) is 11.7. The first kappa shape index (κ1) is 14.2. The molecule has 0 aliphatic heterocycles. The molecule has 0 radical (unpaired) electrons. The number of fused-ring (bicyclic) bond motifs is 3. The van der Waals surface area contributed by atoms with Gasteiger partial charge in [0.25, 0.3) is 0 Å². The second-order valence-electron chi connectivity index (χ2n) is 5.64. The van der Waals surface area contributed by atoms with E-state index in [1.807, 2.05) is 41.0 Å². The van der Waals surface area contributed by atoms with E-state index in [1.54, 1.807) is 24.3 Å². The third kappa shape index (κ3) is 2.08. The van der Waals surface area contributed by atoms with Crippen molar-refractivity contribution in [1.29, 1.82) is 0 Å². The first-order valence-corrected chi connectivity index (χ1v) is 7.49. The molecule has 0 saturated carbocycles. The van der Waals surface area contributed by atoms with E-state index in [0.717, 1.165) is 40.1 Å². The van der Waals surface area contributed by atoms with Gasteiger partial charge in [-0.3, -0.25) is 9.59 Å². The van der Waals surface area contributed by atoms with Crippen molar-refractivity contribution in [3.05, 3.63) is 71.8 Å². The van der Waals surface area contributed by atoms with Gasteiger partial charge in [-0.1, -0.05) is 0 Å². The molecule has 3 aromatic carbocycles. The SMILES string of the molecule is O=Cc1ccc2c(c1)c1cc(C=O)ccc1n2-c1ccc(O)cc1. The zero-order valence-corrected chi connectivity index (χ0v) is 12.6. The van der Waals surface area contributed by atoms with Gasteiger partial charge in [0.2, 0.25) is 0 Å². The highest BCUT2D eigenvalue weighted by atomic mass is 16.3. The summed E-state index contributed by atoms with van der Waals surface area (Å²) in [5, 5.41) is 11.3. The second kappa shape index (κ2) is 5.35. The lowest BCUT2D eigenvalue weighted by Gasteiger charge is -2.08. The number of hydrogen-bond acceptors (Lipinski definition) is 3. The zero-order valence-electron chi connectivity index (χ0n) is 12.6. The third-order valence-corrected chi connectivity index (χ3v) is 4.19. The Morgan fingerprint density at radius 3 is 1.67 bits per heavy atom. The van der Waals surface area contributed by atoms with E-state index in [4.69, 9.17) is 0 Å². The standard InChI is InChI=1S/C20H13NO3/c22-11-13-1-7-19-17(9-13)18-10-14(12-23)2-8-20(18)21(19)15-3-5-16(24)6-4-15/h1-12,24H. The molecule has 0 saturated heterocycles. The smallest absolute Gasteiger partial charge is 0.150 e. The van der Waals surface area contributed by atoms with Crippen molar-refractivity contribution in [2.45, 2.75) is 0 Å². The minimum atomic E-state index is 0.200. The van der Waals surface area contributed by atoms with Crippen LogP contribution in [0.15, 0.2) is 60.7 Å². The molecule has 0 aliphatic carbocycles. The molecule has 0 atom stereocenters. The molecule has 24 heavy (non-hydrogen) atoms. The van der Waals surface area contributed by atoms with Crippen molar-refractivity contribution >= 4 is 34.4 Å². The maximum Gasteiger partial charge on any atom is 0.150 e. The summed E-state index contributed by atoms with van der Waals surface area (Å²) in [5.41, 5.74) is 3.94. The van der Waals surface area contributed by atoms with Crippen molar-refractivity contribution in [1.82, 2.24) is 4.57 Å². The van der Waals surface area contributed by atoms with E-state index in [0.29, 0.717) is 11.1 Å². The van der Waals surface area contributed by atoms with Gasteiger partial charge in [0, 0.05) is 27.6 Å². The molecule has 0 unspecified atom stereocenters. The first-order valence-electron chi connectivity index (χ1n) is 7.49. The summed E-state index contributed by atoms with van der Waals surface area (Å²) in [7, 11) is 0. The van der Waals surface area contributed by atoms with E-state index < -0.39 is 0 Å². The Labute approximate surface area is 137 Å². The van der Waals surface area contributed by atoms with E-state index in [1.165, 1.54) is 0 Å². The Bertz CT molecular complexity index is 1030. The van der Waals surface area contributed by atoms with Crippen LogP contribution in [0.1, 0.15) is 20.7 Å². The number of phenols is 1. The highest BCUT2D eigenvalue weighted by molar-refractivity contribution is 6.11. The van der Waals surface area contributed by atoms with Crippen LogP contribution in [0.25, 0.3) is 27.5 Å². The van der Waals surface area contributed by atoms with E-state index in [2.05, 4.69) is 0 Å². The topological polar surface area (TPSA) is 59.3 Å². The number of aromatic nitrogens is 1. The van der Waals surface area contributed by atoms with Crippen LogP contribution in [-0.4, -0.2) is 22.2 Å². The van der Waals surface area contributed by atoms with E-state index in [-0.39, 0.29) is 5.75 Å². The molecule has 4 aromatic rings. The molecule has 1 heterocycles. The predicted molar refractivity (Wildman–Crippen MR) is 93.2 cm³/mol. The van der Waals surface area contributed by atoms with Crippen LogP contribution in [0.2, 0.25) is 0 Å². The minimum Gasteiger partial charge on any atom is -0.508 e. The van der Waals surface area contributed by atoms with E-state index in [9.17, 15) is 14.7 Å². The molecule has 0 aliphatic rings. The van der Waals surface area contributed by atoms with Crippen LogP contribution < -0.4 is 0 Å². The Morgan fingerprint density at radius 1 is 0.708 bits per heavy atom. The summed E-state index contributed by atoms with van der Waals surface area (Å²) >= 11 is 0. The largest absolute Gasteiger partial charge is 0.508 e. The third-order valence-electron chi connectivity index (χ3n) is 4.19. The number of hydrogen-bond donors (Lipinski definition) is 1. The lowest BCUT2D eigenvalue weighted by Crippen LogP contribution is -1.93. The molecule has 0 fully saturated rings. The Balaban J connectivity index is 2.15. The fourth-order valence-electron chi connectivity index (χ4n) is 3.08. The average Bonchev–Trinajstić information content (AvgIpc) is 2.95. The molecule has 4 heteroatoms. The van der Waals surface area contributed by atoms with Gasteiger partial charge in [-0.2, -0.15) is 0 Å². The molecule has 1 N–H and O–H groups in total. The number of carbonyl (C=O) groups excluding carboxylic acids is 2. The molecule has 0 amide bonds. The lowest BCUT2D eigenvalue weighted by molar-refractivity contribution is 0.111. The van der Waals surface area contributed by atoms with Crippen LogP contribution >= 0.6 is 0 Å². The van der Waals surface area contributed by atoms with Crippen LogP contribution in [-0.2, 0) is 0 Å². The Hall–Kier alpha value is -3.40. The van der Waals surface area contributed by atoms with Crippen LogP contribution in [0.5, 0.6) is 5.75 Å². The second-order valence-corrected chi connectivity index (χ2v) is 5.64. The van der Waals surface area contributed by atoms with Crippen molar-refractivity contribution in [3.8, 4) is 11.4 Å². The van der Waals surface area contributed by atoms with Gasteiger partial charge in [0.1, 0.15) is 18.3 Å². The maximum absolute atomic E-state index is 11.1. The number of rotatable bonds is 3. The summed E-state index contributed by atoms with van der Waals surface area (Å²) < 4.78 is 2.05. The summed E-state index contributed by atoms with van der Waals surface area (Å²) in [6.07, 6.45) is 1.62. The van der Waals surface area contributed by atoms with Gasteiger partial charge in [0.15, 0.2) is 0 Å². The molecular formula is C20H13NO3. The number of carbonyl (C=O) groups is 2. The van der Waals surface area contributed by atoms with Crippen LogP contribution in [0.4, 0.5) is 0 Å². The normalized spacial score (nSPS) is 11.0. The number of benzene rings is 3. The highest BCUT2D eigenvalue weighted by Gasteiger charge is 2.13. The quantitative estimate of drug-likeness (QED) is 0.579. The van der Waals surface area contributed by atoms with Crippen molar-refractivity contribution < 1.29 is 14.7 Å². The molecule has 0 bridgehead atoms. The average molecular weight is 315 g/mol. The zero-order chi connectivity index (χ0) is 16.7. The predicted octanol–water partition coefficient (Wildman–Crippen LogP) is 4.11. The molecule has 1 aromatic heterocycles. The molecular weight excluding hydrogens is 302 g/mol. The van der Waals surface area contributed by atoms with Crippen LogP contribution in [0, 0.1) is 0 Å². The highest BCUT2D eigenvalue weighted by Crippen LogP contribution is 2.33. The van der Waals surface area contributed by atoms with Gasteiger partial charge in [-0.05, 0) is 60.7 Å². The summed E-state index contributed by atoms with van der Waals surface area (Å²) in [4.78, 5) is 22.3. The number of nitrogens with zero attached hydrogens (tertiary/aromatic N) is 1. The van der Waals surface area contributed by atoms with Gasteiger partial charge >= 0.3 is 0 Å². The van der Waals surface area contributed by atoms with E-state index >= 15 is 0 Å². The summed E-state index contributed by atoms with van der Waals surface area (Å²) in [5.74, 6) is 0.200. The van der Waals surface area contributed by atoms with Gasteiger partial charge in [-0.25, -0.2) is 0 Å². The summed E-state index contributed by atoms with van der Waals surface area (Å²) in [6.45, 7) is 0. The van der Waals surface area contributed by atoms with Gasteiger partial charge in [0.05, 0.1) is 11.0 Å². The fourth-order valence-corrected chi connectivity index (χ4v) is 3.08. The van der Waals surface area contributed by atoms with Gasteiger partial charge in [-0.15, -0.1) is 0 Å². The molecule has 4 rings (SSSR count). The van der Waals surface area contributed by atoms with Crippen molar-refractivity contribution in [2.75, 3.05) is 0 Å². The Kier molecular flexibility index (Phi) is 3.17. The number of aldehydes is 2. The molecule has 4 nitrogen and oxygen atoms in total. The number of phenolic OH excluding ortho intramolecular Hbond substituents is 1. The maximum atomic E-state index is 11.1. The fraction of sp³-hybridized carbons (Fsp3) is 0. The minimum absolute atomic E-state index is 0.200. The summed E-state index contributed by atoms with van der Waals surface area (Å²) in [6, 6.07) is 17.9. The van der Waals surface area contributed by atoms with Crippen LogP contribution in [0.3, 0.4) is 0 Å². The van der Waals surface area contributed by atoms with Crippen molar-refractivity contribution in [3.63, 3.8) is 0 Å². The number of aromatic hydroxyl groups is 1. The monoisotopic (exact) mass is 315 g/mol. The molecule has 116 valence electrons.